The molecular formula is C22H21ClN2O4. The number of anilines is 2. The fourth-order valence-electron chi connectivity index (χ4n) is 2.86. The number of carbonyl (C=O) groups excluding carboxylic acids is 3. The molecule has 0 saturated heterocycles. The molecule has 0 radical (unpaired) electrons. The molecule has 1 heterocycles. The number of nitrogens with zero attached hydrogens (tertiary/aromatic N) is 1. The summed E-state index contributed by atoms with van der Waals surface area (Å²) in [7, 11) is 0. The molecule has 0 bridgehead atoms. The molecule has 0 aromatic heterocycles. The van der Waals surface area contributed by atoms with Gasteiger partial charge in [0.05, 0.1) is 17.9 Å². The number of aryl methyl sites for hydroxylation is 1. The number of carbonyl (C=O) groups is 3. The van der Waals surface area contributed by atoms with Gasteiger partial charge in [0.15, 0.2) is 0 Å². The predicted molar refractivity (Wildman–Crippen MR) is 112 cm³/mol. The van der Waals surface area contributed by atoms with Gasteiger partial charge in [0.2, 0.25) is 0 Å². The maximum absolute atomic E-state index is 12.9. The molecule has 3 rings (SSSR count). The molecule has 6 nitrogen and oxygen atoms in total. The smallest absolute Gasteiger partial charge is 0.338 e. The van der Waals surface area contributed by atoms with Gasteiger partial charge >= 0.3 is 5.97 Å². The zero-order chi connectivity index (χ0) is 21.0. The second kappa shape index (κ2) is 8.92. The van der Waals surface area contributed by atoms with E-state index >= 15 is 0 Å². The van der Waals surface area contributed by atoms with Crippen LogP contribution in [-0.2, 0) is 20.7 Å². The third-order valence-corrected chi connectivity index (χ3v) is 4.79. The molecule has 1 aliphatic heterocycles. The van der Waals surface area contributed by atoms with Gasteiger partial charge in [-0.2, -0.15) is 0 Å². The number of rotatable bonds is 7. The van der Waals surface area contributed by atoms with Crippen LogP contribution in [-0.4, -0.2) is 24.4 Å². The summed E-state index contributed by atoms with van der Waals surface area (Å²) in [4.78, 5) is 38.6. The van der Waals surface area contributed by atoms with E-state index in [-0.39, 0.29) is 22.0 Å². The lowest BCUT2D eigenvalue weighted by Crippen LogP contribution is -2.32. The van der Waals surface area contributed by atoms with Crippen LogP contribution < -0.4 is 10.2 Å². The normalized spacial score (nSPS) is 13.8. The molecule has 0 saturated carbocycles. The van der Waals surface area contributed by atoms with Crippen molar-refractivity contribution in [2.45, 2.75) is 26.7 Å². The quantitative estimate of drug-likeness (QED) is 0.543. The van der Waals surface area contributed by atoms with Gasteiger partial charge in [-0.1, -0.05) is 43.6 Å². The van der Waals surface area contributed by atoms with Gasteiger partial charge in [0.25, 0.3) is 11.8 Å². The Hall–Kier alpha value is -3.12. The van der Waals surface area contributed by atoms with Crippen LogP contribution in [0.15, 0.2) is 59.3 Å². The van der Waals surface area contributed by atoms with Gasteiger partial charge in [-0.3, -0.25) is 9.59 Å². The van der Waals surface area contributed by atoms with E-state index in [1.807, 2.05) is 38.1 Å². The van der Waals surface area contributed by atoms with Crippen LogP contribution in [0, 0.1) is 0 Å². The summed E-state index contributed by atoms with van der Waals surface area (Å²) < 4.78 is 5.11. The van der Waals surface area contributed by atoms with Crippen molar-refractivity contribution < 1.29 is 19.1 Å². The SMILES string of the molecule is CCCOC(=O)c1cccc(N2C(=O)C(Cl)=C(Nc3ccc(CC)cc3)C2=O)c1. The average molecular weight is 413 g/mol. The van der Waals surface area contributed by atoms with E-state index in [1.165, 1.54) is 6.07 Å². The van der Waals surface area contributed by atoms with E-state index in [1.54, 1.807) is 18.2 Å². The Kier molecular flexibility index (Phi) is 6.34. The van der Waals surface area contributed by atoms with Crippen molar-refractivity contribution in [3.05, 3.63) is 70.4 Å². The largest absolute Gasteiger partial charge is 0.462 e. The monoisotopic (exact) mass is 412 g/mol. The lowest BCUT2D eigenvalue weighted by atomic mass is 10.1. The van der Waals surface area contributed by atoms with Gasteiger partial charge < -0.3 is 10.1 Å². The molecule has 1 aliphatic rings. The summed E-state index contributed by atoms with van der Waals surface area (Å²) in [6.07, 6.45) is 1.59. The van der Waals surface area contributed by atoms with E-state index in [0.29, 0.717) is 18.7 Å². The Labute approximate surface area is 174 Å². The fraction of sp³-hybridized carbons (Fsp3) is 0.227. The lowest BCUT2D eigenvalue weighted by molar-refractivity contribution is -0.120. The highest BCUT2D eigenvalue weighted by Gasteiger charge is 2.39. The molecular weight excluding hydrogens is 392 g/mol. The second-order valence-electron chi connectivity index (χ2n) is 6.50. The number of nitrogens with one attached hydrogen (secondary N) is 1. The number of amides is 2. The van der Waals surface area contributed by atoms with Crippen LogP contribution in [0.1, 0.15) is 36.2 Å². The third kappa shape index (κ3) is 4.32. The minimum atomic E-state index is -0.650. The summed E-state index contributed by atoms with van der Waals surface area (Å²) in [5.41, 5.74) is 2.31. The summed E-state index contributed by atoms with van der Waals surface area (Å²) in [5.74, 6) is -1.75. The van der Waals surface area contributed by atoms with Gasteiger partial charge in [0.1, 0.15) is 10.7 Å². The highest BCUT2D eigenvalue weighted by atomic mass is 35.5. The van der Waals surface area contributed by atoms with Crippen molar-refractivity contribution in [1.82, 2.24) is 0 Å². The first-order valence-corrected chi connectivity index (χ1v) is 9.75. The number of halogens is 1. The molecule has 0 unspecified atom stereocenters. The summed E-state index contributed by atoms with van der Waals surface area (Å²) >= 11 is 6.16. The number of imide groups is 1. The lowest BCUT2D eigenvalue weighted by Gasteiger charge is -2.16. The summed E-state index contributed by atoms with van der Waals surface area (Å²) in [6, 6.07) is 13.7. The molecule has 2 aromatic rings. The maximum atomic E-state index is 12.9. The van der Waals surface area contributed by atoms with Crippen LogP contribution in [0.5, 0.6) is 0 Å². The van der Waals surface area contributed by atoms with E-state index in [2.05, 4.69) is 5.32 Å². The van der Waals surface area contributed by atoms with Crippen LogP contribution in [0.3, 0.4) is 0 Å². The van der Waals surface area contributed by atoms with Crippen molar-refractivity contribution >= 4 is 40.8 Å². The maximum Gasteiger partial charge on any atom is 0.338 e. The number of hydrogen-bond acceptors (Lipinski definition) is 5. The first-order valence-electron chi connectivity index (χ1n) is 9.38. The number of esters is 1. The molecule has 150 valence electrons. The third-order valence-electron chi connectivity index (χ3n) is 4.44. The van der Waals surface area contributed by atoms with E-state index < -0.39 is 17.8 Å². The average Bonchev–Trinajstić information content (AvgIpc) is 2.95. The van der Waals surface area contributed by atoms with Gasteiger partial charge in [-0.15, -0.1) is 0 Å². The van der Waals surface area contributed by atoms with Crippen LogP contribution in [0.4, 0.5) is 11.4 Å². The molecule has 7 heteroatoms. The Balaban J connectivity index is 1.83. The molecule has 0 aliphatic carbocycles. The van der Waals surface area contributed by atoms with E-state index in [9.17, 15) is 14.4 Å². The van der Waals surface area contributed by atoms with Crippen molar-refractivity contribution in [2.75, 3.05) is 16.8 Å². The molecule has 29 heavy (non-hydrogen) atoms. The fourth-order valence-corrected chi connectivity index (χ4v) is 3.08. The molecule has 0 fully saturated rings. The number of hydrogen-bond donors (Lipinski definition) is 1. The number of benzene rings is 2. The zero-order valence-electron chi connectivity index (χ0n) is 16.2. The predicted octanol–water partition coefficient (Wildman–Crippen LogP) is 4.25. The topological polar surface area (TPSA) is 75.7 Å². The van der Waals surface area contributed by atoms with E-state index in [0.717, 1.165) is 16.9 Å². The summed E-state index contributed by atoms with van der Waals surface area (Å²) in [5, 5.41) is 2.73. The molecule has 1 N–H and O–H groups in total. The molecule has 0 atom stereocenters. The minimum Gasteiger partial charge on any atom is -0.462 e. The van der Waals surface area contributed by atoms with Crippen molar-refractivity contribution in [3.63, 3.8) is 0 Å². The molecule has 2 amide bonds. The van der Waals surface area contributed by atoms with Gasteiger partial charge in [0, 0.05) is 5.69 Å². The Bertz CT molecular complexity index is 983. The van der Waals surface area contributed by atoms with Crippen LogP contribution >= 0.6 is 11.6 Å². The van der Waals surface area contributed by atoms with Crippen molar-refractivity contribution in [2.24, 2.45) is 0 Å². The van der Waals surface area contributed by atoms with Gasteiger partial charge in [-0.05, 0) is 48.7 Å². The summed E-state index contributed by atoms with van der Waals surface area (Å²) in [6.45, 7) is 4.23. The number of ether oxygens (including phenoxy) is 1. The zero-order valence-corrected chi connectivity index (χ0v) is 17.0. The Morgan fingerprint density at radius 2 is 1.79 bits per heavy atom. The van der Waals surface area contributed by atoms with Crippen molar-refractivity contribution in [3.8, 4) is 0 Å². The standard InChI is InChI=1S/C22H21ClN2O4/c1-3-12-29-22(28)15-6-5-7-17(13-15)25-20(26)18(23)19(21(25)27)24-16-10-8-14(4-2)9-11-16/h5-11,13,24H,3-4,12H2,1-2H3. The highest BCUT2D eigenvalue weighted by Crippen LogP contribution is 2.30. The Morgan fingerprint density at radius 3 is 2.45 bits per heavy atom. The van der Waals surface area contributed by atoms with Crippen LogP contribution in [0.25, 0.3) is 0 Å². The minimum absolute atomic E-state index is 0.000113. The Morgan fingerprint density at radius 1 is 1.07 bits per heavy atom. The van der Waals surface area contributed by atoms with Crippen LogP contribution in [0.2, 0.25) is 0 Å². The molecule has 0 spiro atoms. The van der Waals surface area contributed by atoms with E-state index in [4.69, 9.17) is 16.3 Å². The molecule has 2 aromatic carbocycles. The van der Waals surface area contributed by atoms with Gasteiger partial charge in [-0.25, -0.2) is 9.69 Å². The first kappa shape index (κ1) is 20.6. The first-order chi connectivity index (χ1) is 14.0. The van der Waals surface area contributed by atoms with Crippen molar-refractivity contribution in [1.29, 1.82) is 0 Å². The second-order valence-corrected chi connectivity index (χ2v) is 6.87. The highest BCUT2D eigenvalue weighted by molar-refractivity contribution is 6.53.